The number of rotatable bonds is 5. The summed E-state index contributed by atoms with van der Waals surface area (Å²) in [5.41, 5.74) is 1.97. The fourth-order valence-electron chi connectivity index (χ4n) is 4.41. The van der Waals surface area contributed by atoms with Gasteiger partial charge < -0.3 is 9.64 Å². The normalized spacial score (nSPS) is 21.6. The van der Waals surface area contributed by atoms with Crippen LogP contribution in [0, 0.1) is 5.92 Å². The van der Waals surface area contributed by atoms with Gasteiger partial charge in [0.2, 0.25) is 0 Å². The summed E-state index contributed by atoms with van der Waals surface area (Å²) in [5.74, 6) is -1.02. The Labute approximate surface area is 180 Å². The molecule has 1 fully saturated rings. The summed E-state index contributed by atoms with van der Waals surface area (Å²) < 4.78 is 5.06. The predicted molar refractivity (Wildman–Crippen MR) is 113 cm³/mol. The number of fused-ring (bicyclic) bond motifs is 1. The first-order valence-corrected chi connectivity index (χ1v) is 10.4. The maximum absolute atomic E-state index is 12.6. The molecule has 0 spiro atoms. The van der Waals surface area contributed by atoms with Crippen molar-refractivity contribution in [2.45, 2.75) is 12.3 Å². The van der Waals surface area contributed by atoms with E-state index in [-0.39, 0.29) is 29.6 Å². The Morgan fingerprint density at radius 1 is 1.03 bits per heavy atom. The average molecular weight is 427 g/mol. The van der Waals surface area contributed by atoms with E-state index < -0.39 is 0 Å². The zero-order valence-electron chi connectivity index (χ0n) is 16.7. The molecule has 2 aromatic carbocycles. The van der Waals surface area contributed by atoms with E-state index in [0.717, 1.165) is 18.5 Å². The molecule has 2 heterocycles. The smallest absolute Gasteiger partial charge is 0.310 e. The highest BCUT2D eigenvalue weighted by atomic mass is 35.5. The summed E-state index contributed by atoms with van der Waals surface area (Å²) in [5, 5.41) is 0.659. The number of hydrogen-bond donors (Lipinski definition) is 0. The number of carbonyl (C=O) groups is 3. The standard InChI is InChI=1S/C23H23ClN2O4/c1-30-23(29)20-14-25(11-10-17(20)15-6-8-16(24)9-7-15)12-13-26-21(27)18-4-2-3-5-19(18)22(26)28/h2-9,17,20H,10-14H2,1H3. The lowest BCUT2D eigenvalue weighted by Crippen LogP contribution is -2.46. The Kier molecular flexibility index (Phi) is 5.88. The van der Waals surface area contributed by atoms with Crippen LogP contribution in [0.2, 0.25) is 5.02 Å². The number of hydrogen-bond acceptors (Lipinski definition) is 5. The topological polar surface area (TPSA) is 66.9 Å². The van der Waals surface area contributed by atoms with Gasteiger partial charge >= 0.3 is 5.97 Å². The first-order chi connectivity index (χ1) is 14.5. The number of imide groups is 1. The van der Waals surface area contributed by atoms with Crippen LogP contribution in [0.25, 0.3) is 0 Å². The summed E-state index contributed by atoms with van der Waals surface area (Å²) in [7, 11) is 1.40. The van der Waals surface area contributed by atoms with Gasteiger partial charge in [0.25, 0.3) is 11.8 Å². The van der Waals surface area contributed by atoms with Crippen LogP contribution < -0.4 is 0 Å². The van der Waals surface area contributed by atoms with Crippen LogP contribution >= 0.6 is 11.6 Å². The van der Waals surface area contributed by atoms with E-state index in [9.17, 15) is 14.4 Å². The molecule has 2 atom stereocenters. The molecule has 1 saturated heterocycles. The number of likely N-dealkylation sites (tertiary alicyclic amines) is 1. The SMILES string of the molecule is COC(=O)C1CN(CCN2C(=O)c3ccccc3C2=O)CCC1c1ccc(Cl)cc1. The van der Waals surface area contributed by atoms with Crippen molar-refractivity contribution in [3.63, 3.8) is 0 Å². The van der Waals surface area contributed by atoms with Crippen molar-refractivity contribution in [3.05, 3.63) is 70.2 Å². The lowest BCUT2D eigenvalue weighted by Gasteiger charge is -2.37. The molecule has 2 aliphatic rings. The fraction of sp³-hybridized carbons (Fsp3) is 0.348. The summed E-state index contributed by atoms with van der Waals surface area (Å²) in [6, 6.07) is 14.5. The van der Waals surface area contributed by atoms with Crippen molar-refractivity contribution in [2.75, 3.05) is 33.3 Å². The lowest BCUT2D eigenvalue weighted by atomic mass is 9.80. The van der Waals surface area contributed by atoms with E-state index in [2.05, 4.69) is 4.90 Å². The molecule has 0 saturated carbocycles. The number of nitrogens with zero attached hydrogens (tertiary/aromatic N) is 2. The number of methoxy groups -OCH3 is 1. The molecule has 0 aliphatic carbocycles. The highest BCUT2D eigenvalue weighted by molar-refractivity contribution is 6.30. The van der Waals surface area contributed by atoms with E-state index in [4.69, 9.17) is 16.3 Å². The van der Waals surface area contributed by atoms with Gasteiger partial charge in [-0.3, -0.25) is 19.3 Å². The number of ether oxygens (including phenoxy) is 1. The van der Waals surface area contributed by atoms with Crippen LogP contribution in [-0.2, 0) is 9.53 Å². The molecule has 156 valence electrons. The Balaban J connectivity index is 1.43. The average Bonchev–Trinajstić information content (AvgIpc) is 3.02. The number of halogens is 1. The van der Waals surface area contributed by atoms with E-state index >= 15 is 0 Å². The van der Waals surface area contributed by atoms with Gasteiger partial charge in [-0.2, -0.15) is 0 Å². The third-order valence-corrected chi connectivity index (χ3v) is 6.27. The number of amides is 2. The lowest BCUT2D eigenvalue weighted by molar-refractivity contribution is -0.148. The Bertz CT molecular complexity index is 940. The number of carbonyl (C=O) groups excluding carboxylic acids is 3. The number of esters is 1. The van der Waals surface area contributed by atoms with Crippen LogP contribution in [0.3, 0.4) is 0 Å². The Morgan fingerprint density at radius 2 is 1.67 bits per heavy atom. The second-order valence-corrected chi connectivity index (χ2v) is 8.12. The first kappa shape index (κ1) is 20.6. The molecule has 2 aromatic rings. The maximum atomic E-state index is 12.6. The van der Waals surface area contributed by atoms with Gasteiger partial charge in [-0.05, 0) is 48.7 Å². The maximum Gasteiger partial charge on any atom is 0.310 e. The predicted octanol–water partition coefficient (Wildman–Crippen LogP) is 3.21. The van der Waals surface area contributed by atoms with Crippen LogP contribution in [0.15, 0.2) is 48.5 Å². The van der Waals surface area contributed by atoms with E-state index in [0.29, 0.717) is 35.8 Å². The molecular weight excluding hydrogens is 404 g/mol. The van der Waals surface area contributed by atoms with Crippen LogP contribution in [0.1, 0.15) is 38.6 Å². The minimum atomic E-state index is -0.313. The largest absolute Gasteiger partial charge is 0.469 e. The van der Waals surface area contributed by atoms with Crippen molar-refractivity contribution >= 4 is 29.4 Å². The number of benzene rings is 2. The third-order valence-electron chi connectivity index (χ3n) is 6.02. The van der Waals surface area contributed by atoms with E-state index in [1.807, 2.05) is 24.3 Å². The fourth-order valence-corrected chi connectivity index (χ4v) is 4.53. The second kappa shape index (κ2) is 8.58. The monoisotopic (exact) mass is 426 g/mol. The molecule has 2 unspecified atom stereocenters. The molecule has 0 bridgehead atoms. The molecule has 7 heteroatoms. The minimum Gasteiger partial charge on any atom is -0.469 e. The van der Waals surface area contributed by atoms with Crippen LogP contribution in [0.4, 0.5) is 0 Å². The third kappa shape index (κ3) is 3.85. The van der Waals surface area contributed by atoms with Crippen molar-refractivity contribution in [2.24, 2.45) is 5.92 Å². The van der Waals surface area contributed by atoms with Gasteiger partial charge in [0.05, 0.1) is 24.2 Å². The summed E-state index contributed by atoms with van der Waals surface area (Å²) in [6.07, 6.45) is 0.781. The van der Waals surface area contributed by atoms with Gasteiger partial charge in [-0.15, -0.1) is 0 Å². The molecular formula is C23H23ClN2O4. The molecule has 30 heavy (non-hydrogen) atoms. The molecule has 0 N–H and O–H groups in total. The second-order valence-electron chi connectivity index (χ2n) is 7.68. The van der Waals surface area contributed by atoms with Crippen molar-refractivity contribution in [3.8, 4) is 0 Å². The number of piperidine rings is 1. The first-order valence-electron chi connectivity index (χ1n) is 10.0. The summed E-state index contributed by atoms with van der Waals surface area (Å²) >= 11 is 6.00. The molecule has 6 nitrogen and oxygen atoms in total. The van der Waals surface area contributed by atoms with Crippen molar-refractivity contribution in [1.82, 2.24) is 9.80 Å². The van der Waals surface area contributed by atoms with E-state index in [1.165, 1.54) is 12.0 Å². The molecule has 0 radical (unpaired) electrons. The zero-order valence-corrected chi connectivity index (χ0v) is 17.5. The highest BCUT2D eigenvalue weighted by Crippen LogP contribution is 2.34. The van der Waals surface area contributed by atoms with Gasteiger partial charge in [0, 0.05) is 24.7 Å². The van der Waals surface area contributed by atoms with Gasteiger partial charge in [-0.25, -0.2) is 0 Å². The zero-order chi connectivity index (χ0) is 21.3. The van der Waals surface area contributed by atoms with E-state index in [1.54, 1.807) is 24.3 Å². The van der Waals surface area contributed by atoms with Crippen molar-refractivity contribution < 1.29 is 19.1 Å². The van der Waals surface area contributed by atoms with Crippen LogP contribution in [0.5, 0.6) is 0 Å². The van der Waals surface area contributed by atoms with Gasteiger partial charge in [0.15, 0.2) is 0 Å². The molecule has 4 rings (SSSR count). The highest BCUT2D eigenvalue weighted by Gasteiger charge is 2.38. The quantitative estimate of drug-likeness (QED) is 0.542. The van der Waals surface area contributed by atoms with Gasteiger partial charge in [0.1, 0.15) is 0 Å². The summed E-state index contributed by atoms with van der Waals surface area (Å²) in [4.78, 5) is 41.0. The minimum absolute atomic E-state index is 0.0465. The summed E-state index contributed by atoms with van der Waals surface area (Å²) in [6.45, 7) is 2.10. The molecule has 2 aliphatic heterocycles. The van der Waals surface area contributed by atoms with Crippen molar-refractivity contribution in [1.29, 1.82) is 0 Å². The van der Waals surface area contributed by atoms with Crippen LogP contribution in [-0.4, -0.2) is 60.9 Å². The Hall–Kier alpha value is -2.70. The van der Waals surface area contributed by atoms with Gasteiger partial charge in [-0.1, -0.05) is 35.9 Å². The molecule has 0 aromatic heterocycles. The molecule has 2 amide bonds. The Morgan fingerprint density at radius 3 is 2.27 bits per heavy atom.